The van der Waals surface area contributed by atoms with Crippen LogP contribution in [0.3, 0.4) is 0 Å². The molecule has 5 nitrogen and oxygen atoms in total. The fourth-order valence-corrected chi connectivity index (χ4v) is 2.42. The molecule has 1 amide bonds. The molecule has 1 N–H and O–H groups in total. The van der Waals surface area contributed by atoms with Crippen LogP contribution in [-0.2, 0) is 0 Å². The lowest BCUT2D eigenvalue weighted by Gasteiger charge is -2.24. The highest BCUT2D eigenvalue weighted by Crippen LogP contribution is 2.17. The third-order valence-corrected chi connectivity index (χ3v) is 3.85. The Morgan fingerprint density at radius 2 is 1.87 bits per heavy atom. The Balaban J connectivity index is 2.15. The summed E-state index contributed by atoms with van der Waals surface area (Å²) in [7, 11) is 0. The zero-order valence-corrected chi connectivity index (χ0v) is 14.1. The van der Waals surface area contributed by atoms with E-state index in [1.165, 1.54) is 0 Å². The number of aliphatic hydroxyl groups is 1. The Kier molecular flexibility index (Phi) is 5.45. The summed E-state index contributed by atoms with van der Waals surface area (Å²) < 4.78 is 0. The van der Waals surface area contributed by atoms with Crippen molar-refractivity contribution in [3.63, 3.8) is 0 Å². The van der Waals surface area contributed by atoms with Crippen LogP contribution in [0.15, 0.2) is 30.5 Å². The summed E-state index contributed by atoms with van der Waals surface area (Å²) in [5.74, 6) is 0.484. The van der Waals surface area contributed by atoms with Crippen molar-refractivity contribution in [1.29, 1.82) is 0 Å². The summed E-state index contributed by atoms with van der Waals surface area (Å²) in [6.45, 7) is 8.23. The van der Waals surface area contributed by atoms with Crippen molar-refractivity contribution in [3.8, 4) is 0 Å². The van der Waals surface area contributed by atoms with Crippen LogP contribution in [0.25, 0.3) is 0 Å². The number of benzene rings is 1. The first-order valence-electron chi connectivity index (χ1n) is 7.76. The number of amides is 1. The Bertz CT molecular complexity index is 683. The summed E-state index contributed by atoms with van der Waals surface area (Å²) in [6.07, 6.45) is 0.840. The Hall–Kier alpha value is -2.27. The molecule has 5 heteroatoms. The van der Waals surface area contributed by atoms with Gasteiger partial charge in [0.2, 0.25) is 0 Å². The summed E-state index contributed by atoms with van der Waals surface area (Å²) in [5, 5.41) is 10.4. The molecule has 0 saturated carbocycles. The summed E-state index contributed by atoms with van der Waals surface area (Å²) >= 11 is 0. The molecule has 23 heavy (non-hydrogen) atoms. The standard InChI is InChI=1S/C18H23N3O2/c1-5-21(11-17(22)15-8-6-12(2)7-9-15)18(23)16-10-19-14(4)20-13(16)3/h6-10,17,22H,5,11H2,1-4H3. The Labute approximate surface area is 137 Å². The van der Waals surface area contributed by atoms with Gasteiger partial charge in [-0.15, -0.1) is 0 Å². The first-order valence-corrected chi connectivity index (χ1v) is 7.76. The van der Waals surface area contributed by atoms with Gasteiger partial charge in [0.1, 0.15) is 5.82 Å². The smallest absolute Gasteiger partial charge is 0.257 e. The fraction of sp³-hybridized carbons (Fsp3) is 0.389. The molecular weight excluding hydrogens is 290 g/mol. The van der Waals surface area contributed by atoms with Crippen LogP contribution in [0.2, 0.25) is 0 Å². The van der Waals surface area contributed by atoms with E-state index in [2.05, 4.69) is 9.97 Å². The van der Waals surface area contributed by atoms with Crippen molar-refractivity contribution < 1.29 is 9.90 Å². The van der Waals surface area contributed by atoms with E-state index < -0.39 is 6.10 Å². The number of likely N-dealkylation sites (N-methyl/N-ethyl adjacent to an activating group) is 1. The average Bonchev–Trinajstić information content (AvgIpc) is 2.52. The summed E-state index contributed by atoms with van der Waals surface area (Å²) in [4.78, 5) is 22.6. The summed E-state index contributed by atoms with van der Waals surface area (Å²) in [5.41, 5.74) is 3.08. The van der Waals surface area contributed by atoms with E-state index in [0.717, 1.165) is 11.1 Å². The van der Waals surface area contributed by atoms with E-state index in [9.17, 15) is 9.90 Å². The average molecular weight is 313 g/mol. The number of aryl methyl sites for hydroxylation is 3. The van der Waals surface area contributed by atoms with Crippen LogP contribution in [-0.4, -0.2) is 39.0 Å². The van der Waals surface area contributed by atoms with Gasteiger partial charge < -0.3 is 10.0 Å². The molecule has 0 spiro atoms. The van der Waals surface area contributed by atoms with E-state index in [1.807, 2.05) is 38.1 Å². The second-order valence-corrected chi connectivity index (χ2v) is 5.69. The molecule has 0 radical (unpaired) electrons. The van der Waals surface area contributed by atoms with Crippen LogP contribution < -0.4 is 0 Å². The lowest BCUT2D eigenvalue weighted by Crippen LogP contribution is -2.35. The molecule has 0 aliphatic heterocycles. The molecule has 122 valence electrons. The maximum atomic E-state index is 12.7. The maximum Gasteiger partial charge on any atom is 0.257 e. The Morgan fingerprint density at radius 1 is 1.22 bits per heavy atom. The molecule has 0 aliphatic carbocycles. The number of carbonyl (C=O) groups is 1. The minimum Gasteiger partial charge on any atom is -0.387 e. The monoisotopic (exact) mass is 313 g/mol. The quantitative estimate of drug-likeness (QED) is 0.921. The van der Waals surface area contributed by atoms with Crippen molar-refractivity contribution in [3.05, 3.63) is 58.7 Å². The molecule has 0 bridgehead atoms. The van der Waals surface area contributed by atoms with Gasteiger partial charge in [-0.2, -0.15) is 0 Å². The zero-order chi connectivity index (χ0) is 17.0. The van der Waals surface area contributed by atoms with E-state index >= 15 is 0 Å². The number of aliphatic hydroxyl groups excluding tert-OH is 1. The number of rotatable bonds is 5. The van der Waals surface area contributed by atoms with Gasteiger partial charge in [-0.1, -0.05) is 29.8 Å². The first-order chi connectivity index (χ1) is 10.9. The van der Waals surface area contributed by atoms with E-state index in [0.29, 0.717) is 23.6 Å². The van der Waals surface area contributed by atoms with Gasteiger partial charge in [0.05, 0.1) is 23.9 Å². The number of carbonyl (C=O) groups excluding carboxylic acids is 1. The fourth-order valence-electron chi connectivity index (χ4n) is 2.42. The number of hydrogen-bond acceptors (Lipinski definition) is 4. The van der Waals surface area contributed by atoms with Crippen molar-refractivity contribution >= 4 is 5.91 Å². The van der Waals surface area contributed by atoms with Gasteiger partial charge in [0, 0.05) is 12.7 Å². The van der Waals surface area contributed by atoms with Crippen molar-refractivity contribution in [2.75, 3.05) is 13.1 Å². The van der Waals surface area contributed by atoms with E-state index in [1.54, 1.807) is 24.9 Å². The highest BCUT2D eigenvalue weighted by atomic mass is 16.3. The van der Waals surface area contributed by atoms with Crippen LogP contribution in [0.5, 0.6) is 0 Å². The van der Waals surface area contributed by atoms with Gasteiger partial charge in [-0.3, -0.25) is 4.79 Å². The SMILES string of the molecule is CCN(CC(O)c1ccc(C)cc1)C(=O)c1cnc(C)nc1C. The lowest BCUT2D eigenvalue weighted by atomic mass is 10.1. The molecule has 0 saturated heterocycles. The van der Waals surface area contributed by atoms with E-state index in [-0.39, 0.29) is 12.5 Å². The van der Waals surface area contributed by atoms with E-state index in [4.69, 9.17) is 0 Å². The molecular formula is C18H23N3O2. The lowest BCUT2D eigenvalue weighted by molar-refractivity contribution is 0.0633. The van der Waals surface area contributed by atoms with Crippen LogP contribution in [0, 0.1) is 20.8 Å². The predicted molar refractivity (Wildman–Crippen MR) is 89.2 cm³/mol. The molecule has 1 aromatic heterocycles. The molecule has 1 unspecified atom stereocenters. The second-order valence-electron chi connectivity index (χ2n) is 5.69. The highest BCUT2D eigenvalue weighted by molar-refractivity contribution is 5.94. The largest absolute Gasteiger partial charge is 0.387 e. The highest BCUT2D eigenvalue weighted by Gasteiger charge is 2.21. The number of hydrogen-bond donors (Lipinski definition) is 1. The van der Waals surface area contributed by atoms with Gasteiger partial charge in [0.25, 0.3) is 5.91 Å². The molecule has 0 aliphatic rings. The van der Waals surface area contributed by atoms with Crippen LogP contribution >= 0.6 is 0 Å². The van der Waals surface area contributed by atoms with Gasteiger partial charge >= 0.3 is 0 Å². The predicted octanol–water partition coefficient (Wildman–Crippen LogP) is 2.60. The Morgan fingerprint density at radius 3 is 2.43 bits per heavy atom. The van der Waals surface area contributed by atoms with Crippen molar-refractivity contribution in [2.45, 2.75) is 33.8 Å². The molecule has 0 fully saturated rings. The van der Waals surface area contributed by atoms with Gasteiger partial charge in [-0.05, 0) is 33.3 Å². The first kappa shape index (κ1) is 17.1. The molecule has 2 aromatic rings. The molecule has 1 heterocycles. The zero-order valence-electron chi connectivity index (χ0n) is 14.1. The molecule has 1 aromatic carbocycles. The van der Waals surface area contributed by atoms with Gasteiger partial charge in [-0.25, -0.2) is 9.97 Å². The van der Waals surface area contributed by atoms with Crippen LogP contribution in [0.4, 0.5) is 0 Å². The number of nitrogens with zero attached hydrogens (tertiary/aromatic N) is 3. The normalized spacial score (nSPS) is 12.0. The second kappa shape index (κ2) is 7.33. The third-order valence-electron chi connectivity index (χ3n) is 3.85. The van der Waals surface area contributed by atoms with Crippen molar-refractivity contribution in [1.82, 2.24) is 14.9 Å². The third kappa shape index (κ3) is 4.13. The summed E-state index contributed by atoms with van der Waals surface area (Å²) in [6, 6.07) is 7.68. The topological polar surface area (TPSA) is 66.3 Å². The molecule has 1 atom stereocenters. The minimum absolute atomic E-state index is 0.156. The molecule has 2 rings (SSSR count). The maximum absolute atomic E-state index is 12.7. The van der Waals surface area contributed by atoms with Crippen molar-refractivity contribution in [2.24, 2.45) is 0 Å². The van der Waals surface area contributed by atoms with Gasteiger partial charge in [0.15, 0.2) is 0 Å². The van der Waals surface area contributed by atoms with Crippen LogP contribution in [0.1, 0.15) is 46.0 Å². The minimum atomic E-state index is -0.717. The number of aromatic nitrogens is 2.